The zero-order valence-corrected chi connectivity index (χ0v) is 10.9. The zero-order chi connectivity index (χ0) is 13.5. The highest BCUT2D eigenvalue weighted by molar-refractivity contribution is 5.51. The lowest BCUT2D eigenvalue weighted by Crippen LogP contribution is -2.10. The van der Waals surface area contributed by atoms with Crippen molar-refractivity contribution in [2.45, 2.75) is 6.42 Å². The molecular weight excluding hydrogens is 240 g/mol. The molecule has 19 heavy (non-hydrogen) atoms. The number of aromatic nitrogens is 1. The number of nitrogens with zero attached hydrogens (tertiary/aromatic N) is 1. The molecule has 0 amide bonds. The second kappa shape index (κ2) is 6.61. The molecule has 5 heteroatoms. The molecule has 1 heterocycles. The number of benzene rings is 1. The first-order chi connectivity index (χ1) is 9.31. The van der Waals surface area contributed by atoms with Gasteiger partial charge in [-0.1, -0.05) is 12.1 Å². The summed E-state index contributed by atoms with van der Waals surface area (Å²) in [7, 11) is 1.68. The number of nitrogen functional groups attached to an aromatic ring is 1. The lowest BCUT2D eigenvalue weighted by Gasteiger charge is -2.08. The van der Waals surface area contributed by atoms with Crippen molar-refractivity contribution in [1.82, 2.24) is 4.98 Å². The average Bonchev–Trinajstić information content (AvgIpc) is 2.48. The van der Waals surface area contributed by atoms with Gasteiger partial charge in [0.2, 0.25) is 0 Å². The molecule has 1 aromatic heterocycles. The van der Waals surface area contributed by atoms with E-state index in [1.165, 1.54) is 5.56 Å². The summed E-state index contributed by atoms with van der Waals surface area (Å²) >= 11 is 0. The molecule has 0 spiro atoms. The van der Waals surface area contributed by atoms with Gasteiger partial charge in [-0.05, 0) is 30.2 Å². The first kappa shape index (κ1) is 13.2. The number of pyridine rings is 1. The maximum absolute atomic E-state index is 5.32. The molecular formula is C14H18N4O. The third kappa shape index (κ3) is 3.86. The van der Waals surface area contributed by atoms with Gasteiger partial charge in [-0.25, -0.2) is 10.8 Å². The number of nitrogens with one attached hydrogen (secondary N) is 2. The molecule has 0 bridgehead atoms. The molecule has 2 rings (SSSR count). The summed E-state index contributed by atoms with van der Waals surface area (Å²) in [5.41, 5.74) is 4.75. The van der Waals surface area contributed by atoms with Crippen LogP contribution >= 0.6 is 0 Å². The van der Waals surface area contributed by atoms with E-state index >= 15 is 0 Å². The Hall–Kier alpha value is -2.27. The van der Waals surface area contributed by atoms with Crippen molar-refractivity contribution in [3.05, 3.63) is 48.2 Å². The molecule has 0 saturated heterocycles. The standard InChI is InChI=1S/C14H18N4O/c1-19-13-4-2-3-11(9-13)5-7-16-12-6-8-17-14(10-12)18-15/h2-4,6,8-10H,5,7,15H2,1H3,(H2,16,17,18). The summed E-state index contributed by atoms with van der Waals surface area (Å²) in [4.78, 5) is 4.05. The Morgan fingerprint density at radius 2 is 2.16 bits per heavy atom. The molecule has 0 aliphatic carbocycles. The minimum Gasteiger partial charge on any atom is -0.497 e. The van der Waals surface area contributed by atoms with Gasteiger partial charge >= 0.3 is 0 Å². The summed E-state index contributed by atoms with van der Waals surface area (Å²) in [6.45, 7) is 0.835. The van der Waals surface area contributed by atoms with E-state index in [2.05, 4.69) is 21.8 Å². The van der Waals surface area contributed by atoms with Crippen LogP contribution in [0.5, 0.6) is 5.75 Å². The second-order valence-corrected chi connectivity index (χ2v) is 4.10. The lowest BCUT2D eigenvalue weighted by atomic mass is 10.1. The van der Waals surface area contributed by atoms with Crippen molar-refractivity contribution >= 4 is 11.5 Å². The normalized spacial score (nSPS) is 10.0. The van der Waals surface area contributed by atoms with E-state index in [0.717, 1.165) is 24.4 Å². The first-order valence-corrected chi connectivity index (χ1v) is 6.11. The van der Waals surface area contributed by atoms with Gasteiger partial charge < -0.3 is 15.5 Å². The number of rotatable bonds is 6. The van der Waals surface area contributed by atoms with Crippen LogP contribution in [0, 0.1) is 0 Å². The molecule has 4 N–H and O–H groups in total. The van der Waals surface area contributed by atoms with Gasteiger partial charge in [0, 0.05) is 24.5 Å². The Bertz CT molecular complexity index is 483. The summed E-state index contributed by atoms with van der Waals surface area (Å²) in [5.74, 6) is 6.85. The van der Waals surface area contributed by atoms with Crippen LogP contribution < -0.4 is 21.3 Å². The van der Waals surface area contributed by atoms with E-state index in [1.54, 1.807) is 13.3 Å². The van der Waals surface area contributed by atoms with Gasteiger partial charge in [-0.3, -0.25) is 0 Å². The van der Waals surface area contributed by atoms with Crippen LogP contribution in [0.15, 0.2) is 42.6 Å². The molecule has 0 saturated carbocycles. The molecule has 1 aromatic carbocycles. The molecule has 0 atom stereocenters. The number of ether oxygens (including phenoxy) is 1. The van der Waals surface area contributed by atoms with E-state index in [9.17, 15) is 0 Å². The fourth-order valence-corrected chi connectivity index (χ4v) is 1.80. The lowest BCUT2D eigenvalue weighted by molar-refractivity contribution is 0.414. The van der Waals surface area contributed by atoms with Gasteiger partial charge in [-0.2, -0.15) is 0 Å². The summed E-state index contributed by atoms with van der Waals surface area (Å²) in [6.07, 6.45) is 2.63. The van der Waals surface area contributed by atoms with Gasteiger partial charge in [0.1, 0.15) is 11.6 Å². The fraction of sp³-hybridized carbons (Fsp3) is 0.214. The first-order valence-electron chi connectivity index (χ1n) is 6.11. The van der Waals surface area contributed by atoms with Gasteiger partial charge in [-0.15, -0.1) is 0 Å². The van der Waals surface area contributed by atoms with Crippen LogP contribution in [0.25, 0.3) is 0 Å². The molecule has 0 aliphatic rings. The average molecular weight is 258 g/mol. The number of anilines is 2. The maximum atomic E-state index is 5.32. The Kier molecular flexibility index (Phi) is 4.58. The van der Waals surface area contributed by atoms with Crippen molar-refractivity contribution in [2.75, 3.05) is 24.4 Å². The largest absolute Gasteiger partial charge is 0.497 e. The Morgan fingerprint density at radius 1 is 1.26 bits per heavy atom. The summed E-state index contributed by atoms with van der Waals surface area (Å²) in [6, 6.07) is 11.8. The molecule has 0 unspecified atom stereocenters. The number of hydrazine groups is 1. The minimum atomic E-state index is 0.645. The third-order valence-corrected chi connectivity index (χ3v) is 2.78. The molecule has 0 radical (unpaired) electrons. The van der Waals surface area contributed by atoms with E-state index in [4.69, 9.17) is 10.6 Å². The molecule has 100 valence electrons. The van der Waals surface area contributed by atoms with E-state index in [-0.39, 0.29) is 0 Å². The highest BCUT2D eigenvalue weighted by Crippen LogP contribution is 2.14. The van der Waals surface area contributed by atoms with Crippen LogP contribution in [0.4, 0.5) is 11.5 Å². The Morgan fingerprint density at radius 3 is 2.95 bits per heavy atom. The number of methoxy groups -OCH3 is 1. The summed E-state index contributed by atoms with van der Waals surface area (Å²) < 4.78 is 5.20. The topological polar surface area (TPSA) is 72.2 Å². The van der Waals surface area contributed by atoms with Crippen LogP contribution in [-0.2, 0) is 6.42 Å². The maximum Gasteiger partial charge on any atom is 0.141 e. The van der Waals surface area contributed by atoms with Crippen LogP contribution in [0.2, 0.25) is 0 Å². The van der Waals surface area contributed by atoms with Crippen molar-refractivity contribution in [3.8, 4) is 5.75 Å². The van der Waals surface area contributed by atoms with Crippen molar-refractivity contribution < 1.29 is 4.74 Å². The highest BCUT2D eigenvalue weighted by Gasteiger charge is 1.98. The van der Waals surface area contributed by atoms with Crippen molar-refractivity contribution in [3.63, 3.8) is 0 Å². The van der Waals surface area contributed by atoms with Crippen LogP contribution in [0.3, 0.4) is 0 Å². The van der Waals surface area contributed by atoms with Crippen LogP contribution in [-0.4, -0.2) is 18.6 Å². The second-order valence-electron chi connectivity index (χ2n) is 4.10. The third-order valence-electron chi connectivity index (χ3n) is 2.78. The fourth-order valence-electron chi connectivity index (χ4n) is 1.80. The molecule has 5 nitrogen and oxygen atoms in total. The predicted octanol–water partition coefficient (Wildman–Crippen LogP) is 2.03. The van der Waals surface area contributed by atoms with E-state index in [0.29, 0.717) is 5.82 Å². The van der Waals surface area contributed by atoms with E-state index in [1.807, 2.05) is 30.3 Å². The quantitative estimate of drug-likeness (QED) is 0.546. The van der Waals surface area contributed by atoms with Crippen LogP contribution in [0.1, 0.15) is 5.56 Å². The van der Waals surface area contributed by atoms with Gasteiger partial charge in [0.05, 0.1) is 7.11 Å². The minimum absolute atomic E-state index is 0.645. The van der Waals surface area contributed by atoms with Crippen molar-refractivity contribution in [1.29, 1.82) is 0 Å². The predicted molar refractivity (Wildman–Crippen MR) is 77.2 cm³/mol. The molecule has 2 aromatic rings. The number of hydrogen-bond donors (Lipinski definition) is 3. The Labute approximate surface area is 112 Å². The highest BCUT2D eigenvalue weighted by atomic mass is 16.5. The molecule has 0 aliphatic heterocycles. The Balaban J connectivity index is 1.88. The van der Waals surface area contributed by atoms with Gasteiger partial charge in [0.25, 0.3) is 0 Å². The van der Waals surface area contributed by atoms with Crippen molar-refractivity contribution in [2.24, 2.45) is 5.84 Å². The number of nitrogens with two attached hydrogens (primary N) is 1. The zero-order valence-electron chi connectivity index (χ0n) is 10.9. The smallest absolute Gasteiger partial charge is 0.141 e. The monoisotopic (exact) mass is 258 g/mol. The SMILES string of the molecule is COc1cccc(CCNc2ccnc(NN)c2)c1. The summed E-state index contributed by atoms with van der Waals surface area (Å²) in [5, 5.41) is 3.33. The number of hydrogen-bond acceptors (Lipinski definition) is 5. The molecule has 0 fully saturated rings. The van der Waals surface area contributed by atoms with Gasteiger partial charge in [0.15, 0.2) is 0 Å². The van der Waals surface area contributed by atoms with E-state index < -0.39 is 0 Å².